The van der Waals surface area contributed by atoms with Gasteiger partial charge in [0.15, 0.2) is 0 Å². The summed E-state index contributed by atoms with van der Waals surface area (Å²) in [6, 6.07) is 3.60. The Bertz CT molecular complexity index is 448. The second-order valence-electron chi connectivity index (χ2n) is 3.51. The maximum absolute atomic E-state index is 13.4. The van der Waals surface area contributed by atoms with Crippen molar-refractivity contribution in [2.24, 2.45) is 0 Å². The van der Waals surface area contributed by atoms with Crippen molar-refractivity contribution in [1.29, 1.82) is 0 Å². The van der Waals surface area contributed by atoms with Gasteiger partial charge in [0, 0.05) is 23.9 Å². The summed E-state index contributed by atoms with van der Waals surface area (Å²) in [4.78, 5) is 0. The van der Waals surface area contributed by atoms with E-state index in [-0.39, 0.29) is 0 Å². The molecule has 0 fully saturated rings. The van der Waals surface area contributed by atoms with E-state index >= 15 is 0 Å². The Morgan fingerprint density at radius 3 is 2.47 bits per heavy atom. The van der Waals surface area contributed by atoms with Gasteiger partial charge in [-0.1, -0.05) is 25.5 Å². The van der Waals surface area contributed by atoms with Gasteiger partial charge in [0.25, 0.3) is 0 Å². The van der Waals surface area contributed by atoms with Crippen molar-refractivity contribution in [2.75, 3.05) is 6.54 Å². The quantitative estimate of drug-likeness (QED) is 0.781. The van der Waals surface area contributed by atoms with Crippen molar-refractivity contribution >= 4 is 5.70 Å². The summed E-state index contributed by atoms with van der Waals surface area (Å²) < 4.78 is 26.1. The van der Waals surface area contributed by atoms with E-state index in [1.165, 1.54) is 12.1 Å². The highest BCUT2D eigenvalue weighted by molar-refractivity contribution is 5.68. The Hall–Kier alpha value is -1.64. The van der Waals surface area contributed by atoms with Gasteiger partial charge in [-0.3, -0.25) is 0 Å². The summed E-state index contributed by atoms with van der Waals surface area (Å²) in [6.07, 6.45) is 3.85. The molecule has 0 amide bonds. The molecule has 0 radical (unpaired) electrons. The lowest BCUT2D eigenvalue weighted by Gasteiger charge is -2.15. The summed E-state index contributed by atoms with van der Waals surface area (Å²) in [6.45, 7) is 6.62. The topological polar surface area (TPSA) is 12.0 Å². The molecule has 1 aromatic carbocycles. The maximum Gasteiger partial charge on any atom is 0.135 e. The standard InChI is InChI=1S/C12H11F2N.C2H6/c1-8-4-5-15-12(6-8)10-3-2-9(13)7-11(10)14;1-2/h2-4,6-7,15H,5H2,1H3;1-2H3. The normalized spacial score (nSPS) is 13.9. The highest BCUT2D eigenvalue weighted by Gasteiger charge is 2.10. The molecule has 0 saturated carbocycles. The Morgan fingerprint density at radius 2 is 1.88 bits per heavy atom. The number of nitrogens with one attached hydrogen (secondary N) is 1. The van der Waals surface area contributed by atoms with Gasteiger partial charge in [-0.15, -0.1) is 0 Å². The summed E-state index contributed by atoms with van der Waals surface area (Å²) in [5.41, 5.74) is 2.18. The lowest BCUT2D eigenvalue weighted by Crippen LogP contribution is -2.16. The van der Waals surface area contributed by atoms with E-state index in [0.29, 0.717) is 17.8 Å². The SMILES string of the molecule is CC.CC1=CCNC(c2ccc(F)cc2F)=C1. The maximum atomic E-state index is 13.4. The van der Waals surface area contributed by atoms with E-state index in [2.05, 4.69) is 5.32 Å². The number of rotatable bonds is 1. The van der Waals surface area contributed by atoms with Gasteiger partial charge in [0.2, 0.25) is 0 Å². The number of hydrogen-bond acceptors (Lipinski definition) is 1. The van der Waals surface area contributed by atoms with Crippen molar-refractivity contribution in [1.82, 2.24) is 5.32 Å². The van der Waals surface area contributed by atoms with Crippen molar-refractivity contribution in [3.05, 3.63) is 53.1 Å². The minimum absolute atomic E-state index is 0.406. The molecule has 0 unspecified atom stereocenters. The zero-order chi connectivity index (χ0) is 12.8. The molecule has 0 saturated heterocycles. The Balaban J connectivity index is 0.000000686. The second-order valence-corrected chi connectivity index (χ2v) is 3.51. The molecule has 92 valence electrons. The number of dihydropyridines is 1. The molecule has 1 heterocycles. The van der Waals surface area contributed by atoms with Crippen LogP contribution < -0.4 is 5.32 Å². The zero-order valence-corrected chi connectivity index (χ0v) is 10.3. The predicted molar refractivity (Wildman–Crippen MR) is 67.4 cm³/mol. The molecular weight excluding hydrogens is 220 g/mol. The number of halogens is 2. The Morgan fingerprint density at radius 1 is 1.18 bits per heavy atom. The van der Waals surface area contributed by atoms with Crippen molar-refractivity contribution in [2.45, 2.75) is 20.8 Å². The summed E-state index contributed by atoms with van der Waals surface area (Å²) >= 11 is 0. The van der Waals surface area contributed by atoms with E-state index in [1.54, 1.807) is 0 Å². The van der Waals surface area contributed by atoms with Crippen LogP contribution in [0.5, 0.6) is 0 Å². The van der Waals surface area contributed by atoms with E-state index in [1.807, 2.05) is 32.9 Å². The van der Waals surface area contributed by atoms with E-state index in [4.69, 9.17) is 0 Å². The lowest BCUT2D eigenvalue weighted by molar-refractivity contribution is 0.580. The van der Waals surface area contributed by atoms with Gasteiger partial charge in [0.1, 0.15) is 11.6 Å². The minimum atomic E-state index is -0.556. The number of hydrogen-bond donors (Lipinski definition) is 1. The van der Waals surface area contributed by atoms with Crippen molar-refractivity contribution in [3.63, 3.8) is 0 Å². The average molecular weight is 237 g/mol. The second kappa shape index (κ2) is 6.18. The summed E-state index contributed by atoms with van der Waals surface area (Å²) in [5.74, 6) is -1.09. The molecule has 1 aliphatic rings. The molecule has 3 heteroatoms. The van der Waals surface area contributed by atoms with E-state index in [9.17, 15) is 8.78 Å². The third kappa shape index (κ3) is 3.41. The first-order valence-corrected chi connectivity index (χ1v) is 5.74. The van der Waals surface area contributed by atoms with Gasteiger partial charge in [-0.25, -0.2) is 8.78 Å². The molecule has 1 nitrogen and oxygen atoms in total. The van der Waals surface area contributed by atoms with E-state index in [0.717, 1.165) is 11.6 Å². The molecule has 2 rings (SSSR count). The monoisotopic (exact) mass is 237 g/mol. The first-order valence-electron chi connectivity index (χ1n) is 5.74. The van der Waals surface area contributed by atoms with Gasteiger partial charge in [-0.05, 0) is 25.1 Å². The van der Waals surface area contributed by atoms with Crippen LogP contribution in [0.25, 0.3) is 5.70 Å². The van der Waals surface area contributed by atoms with Gasteiger partial charge in [0.05, 0.1) is 0 Å². The van der Waals surface area contributed by atoms with Gasteiger partial charge < -0.3 is 5.32 Å². The van der Waals surface area contributed by atoms with Gasteiger partial charge in [-0.2, -0.15) is 0 Å². The molecule has 1 aromatic rings. The van der Waals surface area contributed by atoms with Crippen LogP contribution in [0.3, 0.4) is 0 Å². The highest BCUT2D eigenvalue weighted by atomic mass is 19.1. The first kappa shape index (κ1) is 13.4. The van der Waals surface area contributed by atoms with Crippen LogP contribution in [0.2, 0.25) is 0 Å². The fourth-order valence-corrected chi connectivity index (χ4v) is 1.54. The van der Waals surface area contributed by atoms with Crippen molar-refractivity contribution < 1.29 is 8.78 Å². The van der Waals surface area contributed by atoms with Crippen LogP contribution in [-0.2, 0) is 0 Å². The third-order valence-corrected chi connectivity index (χ3v) is 2.31. The molecule has 0 atom stereocenters. The number of allylic oxidation sites excluding steroid dienone is 2. The molecule has 0 aliphatic carbocycles. The molecule has 0 spiro atoms. The summed E-state index contributed by atoms with van der Waals surface area (Å²) in [7, 11) is 0. The van der Waals surface area contributed by atoms with Crippen LogP contribution >= 0.6 is 0 Å². The lowest BCUT2D eigenvalue weighted by atomic mass is 10.1. The predicted octanol–water partition coefficient (Wildman–Crippen LogP) is 3.88. The molecule has 17 heavy (non-hydrogen) atoms. The fraction of sp³-hybridized carbons (Fsp3) is 0.286. The zero-order valence-electron chi connectivity index (χ0n) is 10.3. The van der Waals surface area contributed by atoms with Crippen LogP contribution in [-0.4, -0.2) is 6.54 Å². The molecule has 0 bridgehead atoms. The van der Waals surface area contributed by atoms with Crippen LogP contribution in [0, 0.1) is 11.6 Å². The van der Waals surface area contributed by atoms with E-state index < -0.39 is 11.6 Å². The first-order chi connectivity index (χ1) is 8.16. The van der Waals surface area contributed by atoms with Crippen molar-refractivity contribution in [3.8, 4) is 0 Å². The molecular formula is C14H17F2N. The Labute approximate surface area is 101 Å². The Kier molecular flexibility index (Phi) is 4.88. The highest BCUT2D eigenvalue weighted by Crippen LogP contribution is 2.20. The number of benzene rings is 1. The average Bonchev–Trinajstić information content (AvgIpc) is 2.31. The fourth-order valence-electron chi connectivity index (χ4n) is 1.54. The van der Waals surface area contributed by atoms with Crippen LogP contribution in [0.1, 0.15) is 26.3 Å². The molecule has 1 aliphatic heterocycles. The van der Waals surface area contributed by atoms with Crippen LogP contribution in [0.15, 0.2) is 35.9 Å². The largest absolute Gasteiger partial charge is 0.381 e. The van der Waals surface area contributed by atoms with Gasteiger partial charge >= 0.3 is 0 Å². The third-order valence-electron chi connectivity index (χ3n) is 2.31. The summed E-state index contributed by atoms with van der Waals surface area (Å²) in [5, 5.41) is 3.05. The minimum Gasteiger partial charge on any atom is -0.381 e. The molecule has 1 N–H and O–H groups in total. The molecule has 0 aromatic heterocycles. The van der Waals surface area contributed by atoms with Crippen LogP contribution in [0.4, 0.5) is 8.78 Å². The smallest absolute Gasteiger partial charge is 0.135 e.